The van der Waals surface area contributed by atoms with E-state index in [0.717, 1.165) is 0 Å². The topological polar surface area (TPSA) is 63.6 Å². The van der Waals surface area contributed by atoms with E-state index in [0.29, 0.717) is 38.5 Å². The predicted octanol–water partition coefficient (Wildman–Crippen LogP) is 3.22. The van der Waals surface area contributed by atoms with E-state index in [1.165, 1.54) is 0 Å². The van der Waals surface area contributed by atoms with E-state index in [2.05, 4.69) is 15.1 Å². The molecule has 4 rings (SSSR count). The lowest BCUT2D eigenvalue weighted by atomic mass is 10.1. The standard InChI is InChI=1S/C16H11ClN4O/c1-9-14-15(22)11-6-5-10(17)8-12(11)19-16(14)21(20-9)13-4-2-3-7-18-13/h2-8H,1H3,(H,19,22). The molecule has 5 nitrogen and oxygen atoms in total. The van der Waals surface area contributed by atoms with Gasteiger partial charge in [-0.25, -0.2) is 4.98 Å². The first-order chi connectivity index (χ1) is 10.6. The third-order valence-electron chi connectivity index (χ3n) is 3.63. The molecule has 3 aromatic heterocycles. The average molecular weight is 311 g/mol. The van der Waals surface area contributed by atoms with Crippen LogP contribution in [0.4, 0.5) is 0 Å². The van der Waals surface area contributed by atoms with E-state index in [1.54, 1.807) is 29.1 Å². The highest BCUT2D eigenvalue weighted by Gasteiger charge is 2.15. The zero-order chi connectivity index (χ0) is 15.3. The van der Waals surface area contributed by atoms with Crippen LogP contribution in [0.1, 0.15) is 5.69 Å². The Bertz CT molecular complexity index is 1070. The summed E-state index contributed by atoms with van der Waals surface area (Å²) in [4.78, 5) is 20.3. The van der Waals surface area contributed by atoms with Gasteiger partial charge in [-0.15, -0.1) is 0 Å². The third-order valence-corrected chi connectivity index (χ3v) is 3.87. The molecule has 0 saturated carbocycles. The normalized spacial score (nSPS) is 11.4. The average Bonchev–Trinajstić information content (AvgIpc) is 2.85. The van der Waals surface area contributed by atoms with Gasteiger partial charge >= 0.3 is 0 Å². The van der Waals surface area contributed by atoms with Crippen molar-refractivity contribution in [2.45, 2.75) is 6.92 Å². The number of rotatable bonds is 1. The van der Waals surface area contributed by atoms with Gasteiger partial charge in [0, 0.05) is 16.6 Å². The molecule has 108 valence electrons. The number of H-pyrrole nitrogens is 1. The first-order valence-corrected chi connectivity index (χ1v) is 7.15. The Balaban J connectivity index is 2.17. The molecule has 0 aliphatic heterocycles. The highest BCUT2D eigenvalue weighted by molar-refractivity contribution is 6.31. The Morgan fingerprint density at radius 1 is 1.23 bits per heavy atom. The van der Waals surface area contributed by atoms with Crippen LogP contribution < -0.4 is 5.43 Å². The minimum Gasteiger partial charge on any atom is -0.339 e. The molecule has 0 aliphatic carbocycles. The number of fused-ring (bicyclic) bond motifs is 2. The fraction of sp³-hybridized carbons (Fsp3) is 0.0625. The molecule has 22 heavy (non-hydrogen) atoms. The summed E-state index contributed by atoms with van der Waals surface area (Å²) in [6.45, 7) is 1.82. The molecule has 0 atom stereocenters. The van der Waals surface area contributed by atoms with Crippen LogP contribution in [0.3, 0.4) is 0 Å². The molecule has 0 radical (unpaired) electrons. The number of pyridine rings is 2. The Hall–Kier alpha value is -2.66. The lowest BCUT2D eigenvalue weighted by molar-refractivity contribution is 0.849. The second kappa shape index (κ2) is 4.68. The van der Waals surface area contributed by atoms with E-state index < -0.39 is 0 Å². The molecule has 0 bridgehead atoms. The van der Waals surface area contributed by atoms with E-state index in [-0.39, 0.29) is 5.43 Å². The molecule has 0 spiro atoms. The van der Waals surface area contributed by atoms with Crippen LogP contribution in [-0.4, -0.2) is 19.7 Å². The van der Waals surface area contributed by atoms with E-state index in [1.807, 2.05) is 25.1 Å². The third kappa shape index (κ3) is 1.83. The van der Waals surface area contributed by atoms with Crippen LogP contribution in [0.25, 0.3) is 27.8 Å². The van der Waals surface area contributed by atoms with Crippen LogP contribution >= 0.6 is 11.6 Å². The molecule has 0 aliphatic rings. The maximum Gasteiger partial charge on any atom is 0.200 e. The van der Waals surface area contributed by atoms with Crippen LogP contribution in [0.2, 0.25) is 5.02 Å². The number of hydrogen-bond acceptors (Lipinski definition) is 3. The molecule has 0 amide bonds. The van der Waals surface area contributed by atoms with Crippen LogP contribution in [0.5, 0.6) is 0 Å². The number of nitrogens with zero attached hydrogens (tertiary/aromatic N) is 3. The summed E-state index contributed by atoms with van der Waals surface area (Å²) in [5, 5.41) is 6.20. The van der Waals surface area contributed by atoms with E-state index in [9.17, 15) is 4.79 Å². The summed E-state index contributed by atoms with van der Waals surface area (Å²) < 4.78 is 1.65. The molecule has 3 heterocycles. The first kappa shape index (κ1) is 13.0. The molecule has 4 aromatic rings. The fourth-order valence-corrected chi connectivity index (χ4v) is 2.81. The van der Waals surface area contributed by atoms with E-state index >= 15 is 0 Å². The monoisotopic (exact) mass is 310 g/mol. The summed E-state index contributed by atoms with van der Waals surface area (Å²) in [6, 6.07) is 10.7. The van der Waals surface area contributed by atoms with Gasteiger partial charge in [-0.3, -0.25) is 4.79 Å². The second-order valence-corrected chi connectivity index (χ2v) is 5.49. The molecule has 0 fully saturated rings. The minimum absolute atomic E-state index is 0.0555. The summed E-state index contributed by atoms with van der Waals surface area (Å²) >= 11 is 6.03. The van der Waals surface area contributed by atoms with Crippen molar-refractivity contribution in [3.05, 3.63) is 63.5 Å². The van der Waals surface area contributed by atoms with Gasteiger partial charge in [-0.2, -0.15) is 9.78 Å². The smallest absolute Gasteiger partial charge is 0.200 e. The van der Waals surface area contributed by atoms with Crippen molar-refractivity contribution < 1.29 is 0 Å². The second-order valence-electron chi connectivity index (χ2n) is 5.05. The SMILES string of the molecule is Cc1nn(-c2ccccn2)c2[nH]c3cc(Cl)ccc3c(=O)c12. The van der Waals surface area contributed by atoms with Gasteiger partial charge < -0.3 is 4.98 Å². The lowest BCUT2D eigenvalue weighted by Gasteiger charge is -2.04. The highest BCUT2D eigenvalue weighted by atomic mass is 35.5. The van der Waals surface area contributed by atoms with Gasteiger partial charge in [0.15, 0.2) is 5.82 Å². The van der Waals surface area contributed by atoms with E-state index in [4.69, 9.17) is 11.6 Å². The number of aromatic nitrogens is 4. The maximum atomic E-state index is 12.7. The van der Waals surface area contributed by atoms with Crippen molar-refractivity contribution >= 4 is 33.5 Å². The lowest BCUT2D eigenvalue weighted by Crippen LogP contribution is -2.06. The van der Waals surface area contributed by atoms with Crippen molar-refractivity contribution in [1.82, 2.24) is 19.7 Å². The van der Waals surface area contributed by atoms with Gasteiger partial charge in [-0.05, 0) is 37.3 Å². The molecule has 0 saturated heterocycles. The van der Waals surface area contributed by atoms with Crippen LogP contribution in [0.15, 0.2) is 47.4 Å². The molecular weight excluding hydrogens is 300 g/mol. The first-order valence-electron chi connectivity index (χ1n) is 6.77. The van der Waals surface area contributed by atoms with Crippen LogP contribution in [-0.2, 0) is 0 Å². The largest absolute Gasteiger partial charge is 0.339 e. The molecule has 1 N–H and O–H groups in total. The zero-order valence-electron chi connectivity index (χ0n) is 11.7. The Kier molecular flexibility index (Phi) is 2.77. The predicted molar refractivity (Wildman–Crippen MR) is 86.7 cm³/mol. The summed E-state index contributed by atoms with van der Waals surface area (Å²) in [7, 11) is 0. The summed E-state index contributed by atoms with van der Waals surface area (Å²) in [5.41, 5.74) is 1.91. The van der Waals surface area contributed by atoms with Gasteiger partial charge in [-0.1, -0.05) is 17.7 Å². The quantitative estimate of drug-likeness (QED) is 0.587. The van der Waals surface area contributed by atoms with Gasteiger partial charge in [0.2, 0.25) is 5.43 Å². The van der Waals surface area contributed by atoms with Crippen molar-refractivity contribution in [2.75, 3.05) is 0 Å². The van der Waals surface area contributed by atoms with Crippen molar-refractivity contribution in [2.24, 2.45) is 0 Å². The summed E-state index contributed by atoms with van der Waals surface area (Å²) in [5.74, 6) is 0.651. The molecule has 0 unspecified atom stereocenters. The summed E-state index contributed by atoms with van der Waals surface area (Å²) in [6.07, 6.45) is 1.69. The van der Waals surface area contributed by atoms with Gasteiger partial charge in [0.25, 0.3) is 0 Å². The minimum atomic E-state index is -0.0555. The number of aryl methyl sites for hydroxylation is 1. The maximum absolute atomic E-state index is 12.7. The molecule has 1 aromatic carbocycles. The zero-order valence-corrected chi connectivity index (χ0v) is 12.4. The van der Waals surface area contributed by atoms with Crippen molar-refractivity contribution in [1.29, 1.82) is 0 Å². The van der Waals surface area contributed by atoms with Crippen LogP contribution in [0, 0.1) is 6.92 Å². The van der Waals surface area contributed by atoms with Crippen molar-refractivity contribution in [3.8, 4) is 5.82 Å². The Morgan fingerprint density at radius 2 is 2.09 bits per heavy atom. The Morgan fingerprint density at radius 3 is 2.86 bits per heavy atom. The molecule has 6 heteroatoms. The fourth-order valence-electron chi connectivity index (χ4n) is 2.64. The highest BCUT2D eigenvalue weighted by Crippen LogP contribution is 2.21. The number of nitrogens with one attached hydrogen (secondary N) is 1. The number of halogens is 1. The number of benzene rings is 1. The number of aromatic amines is 1. The molecular formula is C16H11ClN4O. The van der Waals surface area contributed by atoms with Crippen molar-refractivity contribution in [3.63, 3.8) is 0 Å². The Labute approximate surface area is 130 Å². The number of hydrogen-bond donors (Lipinski definition) is 1. The van der Waals surface area contributed by atoms with Gasteiger partial charge in [0.1, 0.15) is 5.65 Å². The van der Waals surface area contributed by atoms with Gasteiger partial charge in [0.05, 0.1) is 16.6 Å².